The molecule has 9 heteroatoms. The standard InChI is InChI=1S/C36H41F3N4O2/c1-25(2)45-30-15-8-10-26(22-30)24-42-20-18-35(19-21-42)33(40-29-13-4-3-5-14-29)41-34(44)43(35)32-17-7-6-16-31(32)27-11-9-12-28(23-27)36(37,38)39/h6-12,15-17,22-23,25,29H,3-5,13-14,18-21,24H2,1-2H3,(H,40,41,44). The van der Waals surface area contributed by atoms with Gasteiger partial charge in [0.15, 0.2) is 0 Å². The number of piperidine rings is 1. The molecular formula is C36H41F3N4O2. The summed E-state index contributed by atoms with van der Waals surface area (Å²) in [7, 11) is 0. The largest absolute Gasteiger partial charge is 0.491 e. The number of nitrogens with zero attached hydrogens (tertiary/aromatic N) is 3. The third-order valence-electron chi connectivity index (χ3n) is 9.22. The molecule has 238 valence electrons. The fourth-order valence-electron chi connectivity index (χ4n) is 7.04. The highest BCUT2D eigenvalue weighted by atomic mass is 19.4. The van der Waals surface area contributed by atoms with Crippen molar-refractivity contribution in [1.82, 2.24) is 10.2 Å². The van der Waals surface area contributed by atoms with E-state index in [9.17, 15) is 18.0 Å². The van der Waals surface area contributed by atoms with Crippen molar-refractivity contribution >= 4 is 17.6 Å². The average molecular weight is 619 g/mol. The molecule has 2 amide bonds. The molecule has 0 unspecified atom stereocenters. The molecule has 1 N–H and O–H groups in total. The van der Waals surface area contributed by atoms with Crippen molar-refractivity contribution < 1.29 is 22.7 Å². The minimum Gasteiger partial charge on any atom is -0.491 e. The lowest BCUT2D eigenvalue weighted by Crippen LogP contribution is -2.62. The van der Waals surface area contributed by atoms with Gasteiger partial charge in [0.25, 0.3) is 0 Å². The highest BCUT2D eigenvalue weighted by molar-refractivity contribution is 6.17. The molecule has 1 spiro atoms. The Balaban J connectivity index is 1.31. The van der Waals surface area contributed by atoms with Crippen molar-refractivity contribution in [3.63, 3.8) is 0 Å². The molecule has 3 aromatic carbocycles. The van der Waals surface area contributed by atoms with Crippen LogP contribution >= 0.6 is 0 Å². The van der Waals surface area contributed by atoms with Gasteiger partial charge in [0.2, 0.25) is 0 Å². The lowest BCUT2D eigenvalue weighted by atomic mass is 9.83. The molecule has 3 aromatic rings. The van der Waals surface area contributed by atoms with Gasteiger partial charge in [-0.2, -0.15) is 18.2 Å². The van der Waals surface area contributed by atoms with Crippen LogP contribution in [0.5, 0.6) is 5.75 Å². The van der Waals surface area contributed by atoms with Gasteiger partial charge in [0.1, 0.15) is 17.1 Å². The Labute approximate surface area is 263 Å². The van der Waals surface area contributed by atoms with Crippen LogP contribution in [-0.4, -0.2) is 47.5 Å². The summed E-state index contributed by atoms with van der Waals surface area (Å²) in [5.74, 6) is 1.55. The fraction of sp³-hybridized carbons (Fsp3) is 0.444. The molecule has 6 rings (SSSR count). The van der Waals surface area contributed by atoms with Gasteiger partial charge >= 0.3 is 12.2 Å². The highest BCUT2D eigenvalue weighted by Crippen LogP contribution is 2.44. The minimum atomic E-state index is -4.47. The summed E-state index contributed by atoms with van der Waals surface area (Å²) in [5.41, 5.74) is 1.30. The van der Waals surface area contributed by atoms with Gasteiger partial charge in [0, 0.05) is 31.2 Å². The van der Waals surface area contributed by atoms with Crippen molar-refractivity contribution in [1.29, 1.82) is 0 Å². The van der Waals surface area contributed by atoms with Crippen LogP contribution in [0.2, 0.25) is 0 Å². The van der Waals surface area contributed by atoms with Crippen molar-refractivity contribution in [2.75, 3.05) is 18.0 Å². The summed E-state index contributed by atoms with van der Waals surface area (Å²) in [4.78, 5) is 22.7. The Morgan fingerprint density at radius 1 is 0.956 bits per heavy atom. The number of carbonyl (C=O) groups excluding carboxylic acids is 1. The van der Waals surface area contributed by atoms with Crippen molar-refractivity contribution in [3.8, 4) is 16.9 Å². The second-order valence-electron chi connectivity index (χ2n) is 12.8. The smallest absolute Gasteiger partial charge is 0.416 e. The summed E-state index contributed by atoms with van der Waals surface area (Å²) in [6.07, 6.45) is 2.48. The van der Waals surface area contributed by atoms with Gasteiger partial charge in [0.05, 0.1) is 17.4 Å². The molecule has 1 saturated carbocycles. The first-order chi connectivity index (χ1) is 21.6. The first-order valence-corrected chi connectivity index (χ1v) is 16.1. The van der Waals surface area contributed by atoms with E-state index in [0.717, 1.165) is 68.8 Å². The number of rotatable bonds is 7. The van der Waals surface area contributed by atoms with Gasteiger partial charge in [-0.25, -0.2) is 4.79 Å². The number of anilines is 1. The maximum absolute atomic E-state index is 13.9. The number of likely N-dealkylation sites (tertiary alicyclic amines) is 1. The third kappa shape index (κ3) is 6.73. The Hall–Kier alpha value is -3.85. The quantitative estimate of drug-likeness (QED) is 0.289. The number of halogens is 3. The predicted octanol–water partition coefficient (Wildman–Crippen LogP) is 8.46. The van der Waals surface area contributed by atoms with Gasteiger partial charge in [-0.15, -0.1) is 0 Å². The number of ether oxygens (including phenoxy) is 1. The zero-order valence-electron chi connectivity index (χ0n) is 25.9. The molecule has 3 aliphatic rings. The molecule has 2 aliphatic heterocycles. The van der Waals surface area contributed by atoms with Crippen molar-refractivity contribution in [3.05, 3.63) is 83.9 Å². The predicted molar refractivity (Wildman–Crippen MR) is 172 cm³/mol. The lowest BCUT2D eigenvalue weighted by Gasteiger charge is -2.46. The zero-order chi connectivity index (χ0) is 31.6. The molecule has 45 heavy (non-hydrogen) atoms. The molecule has 6 nitrogen and oxygen atoms in total. The van der Waals surface area contributed by atoms with Gasteiger partial charge in [-0.3, -0.25) is 9.80 Å². The number of amides is 2. The van der Waals surface area contributed by atoms with Crippen LogP contribution in [0.25, 0.3) is 11.1 Å². The van der Waals surface area contributed by atoms with E-state index < -0.39 is 17.3 Å². The summed E-state index contributed by atoms with van der Waals surface area (Å²) < 4.78 is 46.9. The second kappa shape index (κ2) is 12.9. The van der Waals surface area contributed by atoms with Crippen LogP contribution in [0.15, 0.2) is 77.8 Å². The zero-order valence-corrected chi connectivity index (χ0v) is 25.9. The van der Waals surface area contributed by atoms with E-state index in [0.29, 0.717) is 35.5 Å². The van der Waals surface area contributed by atoms with Gasteiger partial charge < -0.3 is 10.1 Å². The number of benzene rings is 3. The van der Waals surface area contributed by atoms with Crippen LogP contribution in [-0.2, 0) is 12.7 Å². The summed E-state index contributed by atoms with van der Waals surface area (Å²) >= 11 is 0. The molecule has 1 aliphatic carbocycles. The van der Waals surface area contributed by atoms with Crippen molar-refractivity contribution in [2.24, 2.45) is 4.99 Å². The Kier molecular flexibility index (Phi) is 8.91. The molecule has 0 aromatic heterocycles. The van der Waals surface area contributed by atoms with Crippen LogP contribution < -0.4 is 15.0 Å². The van der Waals surface area contributed by atoms with Gasteiger partial charge in [-0.1, -0.05) is 61.7 Å². The molecule has 0 bridgehead atoms. The summed E-state index contributed by atoms with van der Waals surface area (Å²) in [5, 5.41) is 3.69. The number of aliphatic imine (C=N–C) groups is 1. The molecule has 1 saturated heterocycles. The molecule has 2 fully saturated rings. The first-order valence-electron chi connectivity index (χ1n) is 16.1. The average Bonchev–Trinajstić information content (AvgIpc) is 3.27. The number of nitrogens with one attached hydrogen (secondary N) is 1. The third-order valence-corrected chi connectivity index (χ3v) is 9.22. The molecular weight excluding hydrogens is 577 g/mol. The van der Waals surface area contributed by atoms with Crippen molar-refractivity contribution in [2.45, 2.75) is 89.2 Å². The van der Waals surface area contributed by atoms with E-state index in [-0.39, 0.29) is 18.2 Å². The lowest BCUT2D eigenvalue weighted by molar-refractivity contribution is -0.137. The monoisotopic (exact) mass is 618 g/mol. The van der Waals surface area contributed by atoms with Gasteiger partial charge in [-0.05, 0) is 81.0 Å². The number of hydrogen-bond donors (Lipinski definition) is 1. The maximum atomic E-state index is 13.9. The Morgan fingerprint density at radius 2 is 1.69 bits per heavy atom. The summed E-state index contributed by atoms with van der Waals surface area (Å²) in [6, 6.07) is 20.6. The molecule has 2 heterocycles. The summed E-state index contributed by atoms with van der Waals surface area (Å²) in [6.45, 7) is 6.24. The van der Waals surface area contributed by atoms with E-state index in [2.05, 4.69) is 27.3 Å². The molecule has 0 radical (unpaired) electrons. The number of carbonyl (C=O) groups is 1. The first kappa shape index (κ1) is 31.1. The van der Waals surface area contributed by atoms with E-state index >= 15 is 0 Å². The van der Waals surface area contributed by atoms with E-state index in [1.807, 2.05) is 38.1 Å². The SMILES string of the molecule is CC(C)Oc1cccc(CN2CCC3(CC2)C(NC2CCCCC2)=NC(=O)N3c2ccccc2-c2cccc(C(F)(F)F)c2)c1. The van der Waals surface area contributed by atoms with E-state index in [1.54, 1.807) is 23.1 Å². The van der Waals surface area contributed by atoms with Crippen LogP contribution in [0.1, 0.15) is 69.9 Å². The number of amidine groups is 1. The molecule has 0 atom stereocenters. The van der Waals surface area contributed by atoms with Crippen LogP contribution in [0.4, 0.5) is 23.7 Å². The highest BCUT2D eigenvalue weighted by Gasteiger charge is 2.52. The Bertz CT molecular complexity index is 1540. The second-order valence-corrected chi connectivity index (χ2v) is 12.8. The fourth-order valence-corrected chi connectivity index (χ4v) is 7.04. The number of alkyl halides is 3. The van der Waals surface area contributed by atoms with E-state index in [1.165, 1.54) is 12.5 Å². The van der Waals surface area contributed by atoms with E-state index in [4.69, 9.17) is 4.74 Å². The topological polar surface area (TPSA) is 57.2 Å². The normalized spacial score (nSPS) is 19.3. The number of urea groups is 1. The van der Waals surface area contributed by atoms with Crippen LogP contribution in [0, 0.1) is 0 Å². The van der Waals surface area contributed by atoms with Crippen LogP contribution in [0.3, 0.4) is 0 Å². The number of hydrogen-bond acceptors (Lipinski definition) is 4. The minimum absolute atomic E-state index is 0.0918. The number of para-hydroxylation sites is 1. The maximum Gasteiger partial charge on any atom is 0.416 e. The Morgan fingerprint density at radius 3 is 2.42 bits per heavy atom.